The molecule has 1 amide bonds. The van der Waals surface area contributed by atoms with E-state index in [-0.39, 0.29) is 35.0 Å². The molecule has 0 saturated carbocycles. The van der Waals surface area contributed by atoms with Crippen LogP contribution in [0.15, 0.2) is 80.8 Å². The van der Waals surface area contributed by atoms with Crippen molar-refractivity contribution < 1.29 is 27.2 Å². The van der Waals surface area contributed by atoms with E-state index in [1.54, 1.807) is 26.0 Å². The van der Waals surface area contributed by atoms with E-state index < -0.39 is 21.9 Å². The van der Waals surface area contributed by atoms with Crippen molar-refractivity contribution in [3.63, 3.8) is 0 Å². The number of allylic oxidation sites excluding steroid dienone is 1. The maximum Gasteiger partial charge on any atom is 0.340 e. The first-order valence-corrected chi connectivity index (χ1v) is 13.7. The molecule has 0 spiro atoms. The quantitative estimate of drug-likeness (QED) is 0.299. The van der Waals surface area contributed by atoms with Crippen molar-refractivity contribution in [2.75, 3.05) is 11.5 Å². The molecule has 0 bridgehead atoms. The summed E-state index contributed by atoms with van der Waals surface area (Å²) < 4.78 is 38.6. The van der Waals surface area contributed by atoms with Crippen molar-refractivity contribution in [2.45, 2.75) is 39.1 Å². The van der Waals surface area contributed by atoms with Gasteiger partial charge in [0, 0.05) is 16.4 Å². The van der Waals surface area contributed by atoms with Gasteiger partial charge in [-0.05, 0) is 93.4 Å². The molecule has 0 fully saturated rings. The van der Waals surface area contributed by atoms with Gasteiger partial charge < -0.3 is 9.15 Å². The highest BCUT2D eigenvalue weighted by Crippen LogP contribution is 2.36. The van der Waals surface area contributed by atoms with Gasteiger partial charge in [0.1, 0.15) is 11.5 Å². The number of nitrogens with one attached hydrogen (secondary N) is 1. The van der Waals surface area contributed by atoms with E-state index in [0.29, 0.717) is 22.2 Å². The summed E-state index contributed by atoms with van der Waals surface area (Å²) in [6.07, 6.45) is 1.47. The third kappa shape index (κ3) is 5.60. The average Bonchev–Trinajstić information content (AvgIpc) is 3.42. The van der Waals surface area contributed by atoms with Gasteiger partial charge in [-0.15, -0.1) is 0 Å². The van der Waals surface area contributed by atoms with Gasteiger partial charge in [-0.2, -0.15) is 0 Å². The number of anilines is 1. The lowest BCUT2D eigenvalue weighted by atomic mass is 10.1. The Balaban J connectivity index is 1.62. The van der Waals surface area contributed by atoms with Crippen LogP contribution in [0, 0.1) is 13.8 Å². The van der Waals surface area contributed by atoms with Crippen molar-refractivity contribution >= 4 is 45.3 Å². The number of hydrogen-bond donors (Lipinski definition) is 1. The third-order valence-electron chi connectivity index (χ3n) is 6.16. The van der Waals surface area contributed by atoms with E-state index in [1.807, 2.05) is 32.0 Å². The summed E-state index contributed by atoms with van der Waals surface area (Å²) in [4.78, 5) is 28.0. The van der Waals surface area contributed by atoms with Crippen LogP contribution in [0.2, 0.25) is 5.02 Å². The largest absolute Gasteiger partial charge is 0.462 e. The first kappa shape index (κ1) is 27.4. The standard InChI is InChI=1S/C28H27ClN2O6S/c1-5-36-28(33)26-19(4)31(21-9-6-17(2)18(3)14-21)27(32)25(26)15-22-10-11-23(37-22)16-30-38(34,35)24-12-7-20(29)8-13-24/h6-15,30H,5,16H2,1-4H3/b25-15+. The molecule has 10 heteroatoms. The molecular formula is C28H27ClN2O6S. The molecule has 4 rings (SSSR count). The molecule has 3 aromatic rings. The van der Waals surface area contributed by atoms with Gasteiger partial charge in [-0.25, -0.2) is 17.9 Å². The number of halogens is 1. The van der Waals surface area contributed by atoms with Gasteiger partial charge in [0.2, 0.25) is 10.0 Å². The molecule has 198 valence electrons. The second-order valence-corrected chi connectivity index (χ2v) is 10.9. The Labute approximate surface area is 226 Å². The second kappa shape index (κ2) is 11.0. The number of esters is 1. The Bertz CT molecular complexity index is 1570. The van der Waals surface area contributed by atoms with Crippen molar-refractivity contribution in [3.05, 3.63) is 99.1 Å². The lowest BCUT2D eigenvalue weighted by molar-refractivity contribution is -0.138. The molecule has 38 heavy (non-hydrogen) atoms. The molecule has 8 nitrogen and oxygen atoms in total. The number of sulfonamides is 1. The van der Waals surface area contributed by atoms with Crippen molar-refractivity contribution in [1.82, 2.24) is 4.72 Å². The fraction of sp³-hybridized carbons (Fsp3) is 0.214. The van der Waals surface area contributed by atoms with Crippen molar-refractivity contribution in [1.29, 1.82) is 0 Å². The summed E-state index contributed by atoms with van der Waals surface area (Å²) in [5.41, 5.74) is 3.45. The highest BCUT2D eigenvalue weighted by Gasteiger charge is 2.38. The molecule has 0 saturated heterocycles. The highest BCUT2D eigenvalue weighted by atomic mass is 35.5. The fourth-order valence-electron chi connectivity index (χ4n) is 4.03. The summed E-state index contributed by atoms with van der Waals surface area (Å²) in [5.74, 6) is -0.400. The molecular weight excluding hydrogens is 528 g/mol. The minimum Gasteiger partial charge on any atom is -0.462 e. The van der Waals surface area contributed by atoms with Crippen LogP contribution in [-0.2, 0) is 30.9 Å². The van der Waals surface area contributed by atoms with Gasteiger partial charge in [0.25, 0.3) is 5.91 Å². The Hall–Kier alpha value is -3.66. The van der Waals surface area contributed by atoms with Gasteiger partial charge in [-0.1, -0.05) is 17.7 Å². The lowest BCUT2D eigenvalue weighted by Crippen LogP contribution is -2.24. The number of nitrogens with zero attached hydrogens (tertiary/aromatic N) is 1. The van der Waals surface area contributed by atoms with Crippen LogP contribution in [0.5, 0.6) is 0 Å². The van der Waals surface area contributed by atoms with Crippen LogP contribution in [0.4, 0.5) is 5.69 Å². The Morgan fingerprint density at radius 3 is 2.42 bits per heavy atom. The zero-order valence-corrected chi connectivity index (χ0v) is 22.9. The van der Waals surface area contributed by atoms with Crippen molar-refractivity contribution in [2.24, 2.45) is 0 Å². The number of carbonyl (C=O) groups is 2. The summed E-state index contributed by atoms with van der Waals surface area (Å²) in [6.45, 7) is 7.36. The van der Waals surface area contributed by atoms with Crippen LogP contribution in [0.1, 0.15) is 36.5 Å². The van der Waals surface area contributed by atoms with E-state index in [2.05, 4.69) is 4.72 Å². The van der Waals surface area contributed by atoms with E-state index in [4.69, 9.17) is 20.8 Å². The summed E-state index contributed by atoms with van der Waals surface area (Å²) in [5, 5.41) is 0.427. The zero-order chi connectivity index (χ0) is 27.6. The van der Waals surface area contributed by atoms with Gasteiger partial charge in [0.15, 0.2) is 0 Å². The van der Waals surface area contributed by atoms with Crippen LogP contribution in [0.3, 0.4) is 0 Å². The minimum atomic E-state index is -3.79. The molecule has 0 aliphatic carbocycles. The van der Waals surface area contributed by atoms with Gasteiger partial charge in [-0.3, -0.25) is 9.69 Å². The first-order chi connectivity index (χ1) is 18.0. The van der Waals surface area contributed by atoms with E-state index >= 15 is 0 Å². The van der Waals surface area contributed by atoms with E-state index in [1.165, 1.54) is 35.2 Å². The minimum absolute atomic E-state index is 0.0680. The topological polar surface area (TPSA) is 106 Å². The maximum absolute atomic E-state index is 13.5. The number of furan rings is 1. The van der Waals surface area contributed by atoms with Crippen LogP contribution < -0.4 is 9.62 Å². The summed E-state index contributed by atoms with van der Waals surface area (Å²) in [7, 11) is -3.79. The van der Waals surface area contributed by atoms with Gasteiger partial charge in [0.05, 0.1) is 29.2 Å². The van der Waals surface area contributed by atoms with Crippen molar-refractivity contribution in [3.8, 4) is 0 Å². The molecule has 1 N–H and O–H groups in total. The molecule has 1 aliphatic heterocycles. The number of hydrogen-bond acceptors (Lipinski definition) is 6. The fourth-order valence-corrected chi connectivity index (χ4v) is 5.15. The Morgan fingerprint density at radius 2 is 1.76 bits per heavy atom. The number of ether oxygens (including phenoxy) is 1. The molecule has 1 aliphatic rings. The van der Waals surface area contributed by atoms with Crippen LogP contribution in [0.25, 0.3) is 6.08 Å². The van der Waals surface area contributed by atoms with Crippen LogP contribution >= 0.6 is 11.6 Å². The number of rotatable bonds is 8. The average molecular weight is 555 g/mol. The number of benzene rings is 2. The number of carbonyl (C=O) groups excluding carboxylic acids is 2. The van der Waals surface area contributed by atoms with Gasteiger partial charge >= 0.3 is 5.97 Å². The lowest BCUT2D eigenvalue weighted by Gasteiger charge is -2.19. The Kier molecular flexibility index (Phi) is 7.91. The van der Waals surface area contributed by atoms with E-state index in [0.717, 1.165) is 11.1 Å². The smallest absolute Gasteiger partial charge is 0.340 e. The normalized spacial score (nSPS) is 15.0. The second-order valence-electron chi connectivity index (χ2n) is 8.73. The van der Waals surface area contributed by atoms with Crippen LogP contribution in [-0.4, -0.2) is 26.9 Å². The predicted molar refractivity (Wildman–Crippen MR) is 145 cm³/mol. The monoisotopic (exact) mass is 554 g/mol. The molecule has 0 atom stereocenters. The highest BCUT2D eigenvalue weighted by molar-refractivity contribution is 7.89. The molecule has 0 radical (unpaired) electrons. The zero-order valence-electron chi connectivity index (χ0n) is 21.4. The predicted octanol–water partition coefficient (Wildman–Crippen LogP) is 5.30. The summed E-state index contributed by atoms with van der Waals surface area (Å²) >= 11 is 5.84. The molecule has 2 aromatic carbocycles. The SMILES string of the molecule is CCOC(=O)C1=C(C)N(c2ccc(C)c(C)c2)C(=O)/C1=C/c1ccc(CNS(=O)(=O)c2ccc(Cl)cc2)o1. The summed E-state index contributed by atoms with van der Waals surface area (Å²) in [6, 6.07) is 14.6. The number of amides is 1. The maximum atomic E-state index is 13.5. The molecule has 2 heterocycles. The molecule has 0 unspecified atom stereocenters. The van der Waals surface area contributed by atoms with E-state index in [9.17, 15) is 18.0 Å². The Morgan fingerprint density at radius 1 is 1.05 bits per heavy atom. The third-order valence-corrected chi connectivity index (χ3v) is 7.83. The number of aryl methyl sites for hydroxylation is 2. The first-order valence-electron chi connectivity index (χ1n) is 11.9. The molecule has 1 aromatic heterocycles.